The summed E-state index contributed by atoms with van der Waals surface area (Å²) in [7, 11) is -1.75. The maximum absolute atomic E-state index is 12.1. The van der Waals surface area contributed by atoms with Crippen LogP contribution in [0.5, 0.6) is 5.75 Å². The number of sulfonamides is 1. The largest absolute Gasteiger partial charge is 0.497 e. The molecule has 0 unspecified atom stereocenters. The summed E-state index contributed by atoms with van der Waals surface area (Å²) in [4.78, 5) is 24.2. The van der Waals surface area contributed by atoms with Crippen molar-refractivity contribution in [3.63, 3.8) is 0 Å². The Labute approximate surface area is 163 Å². The molecule has 0 aliphatic carbocycles. The molecule has 0 saturated carbocycles. The van der Waals surface area contributed by atoms with E-state index >= 15 is 0 Å². The molecule has 1 heterocycles. The predicted octanol–water partition coefficient (Wildman–Crippen LogP) is 1.49. The van der Waals surface area contributed by atoms with Gasteiger partial charge >= 0.3 is 11.8 Å². The van der Waals surface area contributed by atoms with E-state index in [1.807, 2.05) is 0 Å². The van der Waals surface area contributed by atoms with Gasteiger partial charge in [-0.2, -0.15) is 0 Å². The minimum Gasteiger partial charge on any atom is -0.497 e. The van der Waals surface area contributed by atoms with Crippen molar-refractivity contribution in [3.05, 3.63) is 54.1 Å². The van der Waals surface area contributed by atoms with Crippen LogP contribution in [0.4, 0.5) is 11.4 Å². The number of carbonyl (C=O) groups is 2. The number of nitrogens with one attached hydrogen (secondary N) is 2. The number of rotatable bonds is 5. The summed E-state index contributed by atoms with van der Waals surface area (Å²) < 4.78 is 30.4. The molecule has 2 aromatic carbocycles. The zero-order valence-corrected chi connectivity index (χ0v) is 16.2. The first-order valence-electron chi connectivity index (χ1n) is 8.71. The molecule has 9 heteroatoms. The van der Waals surface area contributed by atoms with Crippen LogP contribution in [-0.2, 0) is 26.2 Å². The third-order valence-electron chi connectivity index (χ3n) is 4.31. The molecular weight excluding hydrogens is 382 g/mol. The lowest BCUT2D eigenvalue weighted by Crippen LogP contribution is -2.35. The molecule has 1 saturated heterocycles. The zero-order valence-electron chi connectivity index (χ0n) is 15.3. The van der Waals surface area contributed by atoms with E-state index in [-0.39, 0.29) is 12.3 Å². The molecule has 0 radical (unpaired) electrons. The van der Waals surface area contributed by atoms with Gasteiger partial charge in [0.2, 0.25) is 10.0 Å². The molecule has 1 aliphatic rings. The normalized spacial score (nSPS) is 15.1. The molecule has 0 spiro atoms. The van der Waals surface area contributed by atoms with Gasteiger partial charge < -0.3 is 15.4 Å². The van der Waals surface area contributed by atoms with Crippen LogP contribution in [-0.4, -0.2) is 39.6 Å². The van der Waals surface area contributed by atoms with Gasteiger partial charge in [-0.05, 0) is 42.3 Å². The summed E-state index contributed by atoms with van der Waals surface area (Å²) in [5.41, 5.74) is 1.64. The maximum Gasteiger partial charge on any atom is 0.313 e. The molecule has 8 nitrogen and oxygen atoms in total. The number of amides is 2. The standard InChI is InChI=1S/C19H21N3O5S/c1-27-17-8-6-14(7-9-17)13-20-18(23)19(24)21-15-4-2-5-16(12-15)22-10-3-11-28(22,25)26/h2,4-9,12H,3,10-11,13H2,1H3,(H,20,23)(H,21,24). The molecular formula is C19H21N3O5S. The van der Waals surface area contributed by atoms with Gasteiger partial charge in [0.25, 0.3) is 0 Å². The van der Waals surface area contributed by atoms with E-state index in [1.54, 1.807) is 49.6 Å². The highest BCUT2D eigenvalue weighted by atomic mass is 32.2. The van der Waals surface area contributed by atoms with Gasteiger partial charge in [0.05, 0.1) is 18.6 Å². The zero-order chi connectivity index (χ0) is 20.1. The summed E-state index contributed by atoms with van der Waals surface area (Å²) in [6, 6.07) is 13.5. The third-order valence-corrected chi connectivity index (χ3v) is 6.18. The Bertz CT molecular complexity index is 973. The van der Waals surface area contributed by atoms with Crippen LogP contribution < -0.4 is 19.7 Å². The summed E-state index contributed by atoms with van der Waals surface area (Å²) in [5.74, 6) is -0.796. The van der Waals surface area contributed by atoms with Crippen molar-refractivity contribution >= 4 is 33.2 Å². The Morgan fingerprint density at radius 2 is 1.86 bits per heavy atom. The van der Waals surface area contributed by atoms with Crippen LogP contribution in [0.25, 0.3) is 0 Å². The van der Waals surface area contributed by atoms with Crippen molar-refractivity contribution in [2.24, 2.45) is 0 Å². The second-order valence-corrected chi connectivity index (χ2v) is 8.29. The maximum atomic E-state index is 12.1. The first kappa shape index (κ1) is 19.7. The lowest BCUT2D eigenvalue weighted by atomic mass is 10.2. The fraction of sp³-hybridized carbons (Fsp3) is 0.263. The van der Waals surface area contributed by atoms with Crippen LogP contribution in [0.3, 0.4) is 0 Å². The van der Waals surface area contributed by atoms with Crippen molar-refractivity contribution in [1.82, 2.24) is 5.32 Å². The van der Waals surface area contributed by atoms with E-state index < -0.39 is 21.8 Å². The summed E-state index contributed by atoms with van der Waals surface area (Å²) in [6.45, 7) is 0.602. The Morgan fingerprint density at radius 3 is 2.50 bits per heavy atom. The molecule has 2 N–H and O–H groups in total. The molecule has 2 aromatic rings. The number of anilines is 2. The highest BCUT2D eigenvalue weighted by Gasteiger charge is 2.28. The number of nitrogens with zero attached hydrogens (tertiary/aromatic N) is 1. The average Bonchev–Trinajstić information content (AvgIpc) is 3.05. The van der Waals surface area contributed by atoms with Gasteiger partial charge in [-0.3, -0.25) is 13.9 Å². The van der Waals surface area contributed by atoms with E-state index in [0.717, 1.165) is 5.56 Å². The van der Waals surface area contributed by atoms with Crippen molar-refractivity contribution < 1.29 is 22.7 Å². The second-order valence-electron chi connectivity index (χ2n) is 6.28. The highest BCUT2D eigenvalue weighted by Crippen LogP contribution is 2.26. The van der Waals surface area contributed by atoms with Gasteiger partial charge in [0.1, 0.15) is 5.75 Å². The van der Waals surface area contributed by atoms with Gasteiger partial charge in [-0.25, -0.2) is 8.42 Å². The Balaban J connectivity index is 1.59. The predicted molar refractivity (Wildman–Crippen MR) is 106 cm³/mol. The van der Waals surface area contributed by atoms with E-state index in [0.29, 0.717) is 30.1 Å². The van der Waals surface area contributed by atoms with Gasteiger partial charge in [-0.15, -0.1) is 0 Å². The number of methoxy groups -OCH3 is 1. The van der Waals surface area contributed by atoms with Crippen LogP contribution in [0.1, 0.15) is 12.0 Å². The van der Waals surface area contributed by atoms with Crippen LogP contribution in [0.15, 0.2) is 48.5 Å². The highest BCUT2D eigenvalue weighted by molar-refractivity contribution is 7.93. The SMILES string of the molecule is COc1ccc(CNC(=O)C(=O)Nc2cccc(N3CCCS3(=O)=O)c2)cc1. The smallest absolute Gasteiger partial charge is 0.313 e. The van der Waals surface area contributed by atoms with Gasteiger partial charge in [-0.1, -0.05) is 18.2 Å². The van der Waals surface area contributed by atoms with Crippen LogP contribution >= 0.6 is 0 Å². The van der Waals surface area contributed by atoms with E-state index in [9.17, 15) is 18.0 Å². The van der Waals surface area contributed by atoms with E-state index in [1.165, 1.54) is 10.4 Å². The minimum absolute atomic E-state index is 0.108. The average molecular weight is 403 g/mol. The minimum atomic E-state index is -3.31. The van der Waals surface area contributed by atoms with Crippen LogP contribution in [0.2, 0.25) is 0 Å². The Hall–Kier alpha value is -3.07. The number of ether oxygens (including phenoxy) is 1. The Morgan fingerprint density at radius 1 is 1.11 bits per heavy atom. The summed E-state index contributed by atoms with van der Waals surface area (Å²) in [5, 5.41) is 5.04. The first-order valence-corrected chi connectivity index (χ1v) is 10.3. The Kier molecular flexibility index (Phi) is 5.84. The summed E-state index contributed by atoms with van der Waals surface area (Å²) >= 11 is 0. The second kappa shape index (κ2) is 8.30. The quantitative estimate of drug-likeness (QED) is 0.736. The molecule has 0 aromatic heterocycles. The topological polar surface area (TPSA) is 105 Å². The number of hydrogen-bond acceptors (Lipinski definition) is 5. The third kappa shape index (κ3) is 4.61. The number of benzene rings is 2. The fourth-order valence-corrected chi connectivity index (χ4v) is 4.42. The molecule has 0 atom stereocenters. The molecule has 148 valence electrons. The molecule has 1 aliphatic heterocycles. The monoisotopic (exact) mass is 403 g/mol. The van der Waals surface area contributed by atoms with Gasteiger partial charge in [0, 0.05) is 18.8 Å². The molecule has 3 rings (SSSR count). The lowest BCUT2D eigenvalue weighted by Gasteiger charge is -2.17. The van der Waals surface area contributed by atoms with Crippen molar-refractivity contribution in [2.45, 2.75) is 13.0 Å². The summed E-state index contributed by atoms with van der Waals surface area (Å²) in [6.07, 6.45) is 0.562. The molecule has 1 fully saturated rings. The number of hydrogen-bond donors (Lipinski definition) is 2. The van der Waals surface area contributed by atoms with E-state index in [2.05, 4.69) is 10.6 Å². The molecule has 0 bridgehead atoms. The fourth-order valence-electron chi connectivity index (χ4n) is 2.86. The first-order chi connectivity index (χ1) is 13.4. The number of carbonyl (C=O) groups excluding carboxylic acids is 2. The lowest BCUT2D eigenvalue weighted by molar-refractivity contribution is -0.136. The molecule has 28 heavy (non-hydrogen) atoms. The van der Waals surface area contributed by atoms with Crippen molar-refractivity contribution in [2.75, 3.05) is 29.0 Å². The van der Waals surface area contributed by atoms with E-state index in [4.69, 9.17) is 4.74 Å². The van der Waals surface area contributed by atoms with Crippen molar-refractivity contribution in [1.29, 1.82) is 0 Å². The van der Waals surface area contributed by atoms with Crippen LogP contribution in [0, 0.1) is 0 Å². The van der Waals surface area contributed by atoms with Gasteiger partial charge in [0.15, 0.2) is 0 Å². The molecule has 2 amide bonds. The van der Waals surface area contributed by atoms with Crippen molar-refractivity contribution in [3.8, 4) is 5.75 Å².